The molecule has 0 aliphatic heterocycles. The fraction of sp³-hybridized carbons (Fsp3) is 0.571. The van der Waals surface area contributed by atoms with Crippen molar-refractivity contribution in [2.75, 3.05) is 5.43 Å². The number of nitrogens with one attached hydrogen (secondary N) is 2. The van der Waals surface area contributed by atoms with E-state index in [1.807, 2.05) is 0 Å². The van der Waals surface area contributed by atoms with Gasteiger partial charge in [-0.15, -0.1) is 0 Å². The number of halogens is 1. The highest BCUT2D eigenvalue weighted by Gasteiger charge is 2.16. The number of amides is 1. The summed E-state index contributed by atoms with van der Waals surface area (Å²) in [5.41, 5.74) is 2.85. The van der Waals surface area contributed by atoms with Gasteiger partial charge < -0.3 is 10.7 Å². The van der Waals surface area contributed by atoms with Crippen molar-refractivity contribution in [1.29, 1.82) is 0 Å². The Bertz CT molecular complexity index is 458. The minimum atomic E-state index is -0.117. The highest BCUT2D eigenvalue weighted by atomic mass is 35.5. The van der Waals surface area contributed by atoms with E-state index in [1.54, 1.807) is 6.07 Å². The molecule has 1 amide bonds. The first-order valence-electron chi connectivity index (χ1n) is 7.13. The van der Waals surface area contributed by atoms with Crippen molar-refractivity contribution < 1.29 is 4.79 Å². The number of hydrogen-bond donors (Lipinski definition) is 3. The number of nitrogens with zero attached hydrogens (tertiary/aromatic N) is 1. The molecule has 1 aliphatic rings. The molecule has 0 saturated heterocycles. The summed E-state index contributed by atoms with van der Waals surface area (Å²) >= 11 is 5.98. The molecule has 0 spiro atoms. The Kier molecular flexibility index (Phi) is 5.61. The zero-order chi connectivity index (χ0) is 14.4. The summed E-state index contributed by atoms with van der Waals surface area (Å²) in [6.07, 6.45) is 9.78. The highest BCUT2D eigenvalue weighted by Crippen LogP contribution is 2.20. The van der Waals surface area contributed by atoms with Gasteiger partial charge in [-0.25, -0.2) is 10.8 Å². The summed E-state index contributed by atoms with van der Waals surface area (Å²) in [6, 6.07) is 1.84. The van der Waals surface area contributed by atoms with Crippen LogP contribution in [0.3, 0.4) is 0 Å². The molecule has 1 saturated carbocycles. The number of hydrogen-bond acceptors (Lipinski definition) is 4. The lowest BCUT2D eigenvalue weighted by atomic mass is 9.96. The highest BCUT2D eigenvalue weighted by molar-refractivity contribution is 6.33. The third-order valence-electron chi connectivity index (χ3n) is 3.68. The van der Waals surface area contributed by atoms with Crippen molar-refractivity contribution in [3.63, 3.8) is 0 Å². The van der Waals surface area contributed by atoms with E-state index in [-0.39, 0.29) is 11.9 Å². The van der Waals surface area contributed by atoms with Gasteiger partial charge in [-0.3, -0.25) is 4.79 Å². The number of pyridine rings is 1. The number of aromatic nitrogens is 1. The molecule has 2 rings (SSSR count). The standard InChI is InChI=1S/C14H21ClN4O/c15-12-8-10(9-17-13(12)19-16)14(20)18-11-6-4-2-1-3-5-7-11/h8-9,11H,1-7,16H2,(H,17,19)(H,18,20). The Morgan fingerprint density at radius 2 is 1.90 bits per heavy atom. The van der Waals surface area contributed by atoms with Crippen LogP contribution in [0.1, 0.15) is 55.3 Å². The Hall–Kier alpha value is -1.33. The molecule has 6 heteroatoms. The van der Waals surface area contributed by atoms with Crippen molar-refractivity contribution in [2.24, 2.45) is 5.84 Å². The molecule has 1 heterocycles. The number of carbonyl (C=O) groups excluding carboxylic acids is 1. The number of hydrazine groups is 1. The Labute approximate surface area is 124 Å². The van der Waals surface area contributed by atoms with E-state index < -0.39 is 0 Å². The summed E-state index contributed by atoms with van der Waals surface area (Å²) < 4.78 is 0. The molecule has 1 aromatic heterocycles. The fourth-order valence-electron chi connectivity index (χ4n) is 2.54. The fourth-order valence-corrected chi connectivity index (χ4v) is 2.76. The Morgan fingerprint density at radius 3 is 2.50 bits per heavy atom. The van der Waals surface area contributed by atoms with Gasteiger partial charge in [-0.1, -0.05) is 43.7 Å². The number of nitrogen functional groups attached to an aromatic ring is 1. The van der Waals surface area contributed by atoms with E-state index >= 15 is 0 Å². The van der Waals surface area contributed by atoms with E-state index in [4.69, 9.17) is 17.4 Å². The predicted octanol–water partition coefficient (Wildman–Crippen LogP) is 2.86. The summed E-state index contributed by atoms with van der Waals surface area (Å²) in [7, 11) is 0. The second kappa shape index (κ2) is 7.45. The molecule has 110 valence electrons. The van der Waals surface area contributed by atoms with Crippen molar-refractivity contribution in [3.8, 4) is 0 Å². The monoisotopic (exact) mass is 296 g/mol. The third kappa shape index (κ3) is 4.08. The average Bonchev–Trinajstić information content (AvgIpc) is 2.41. The van der Waals surface area contributed by atoms with Crippen LogP contribution in [0.5, 0.6) is 0 Å². The predicted molar refractivity (Wildman–Crippen MR) is 80.6 cm³/mol. The molecule has 0 bridgehead atoms. The maximum Gasteiger partial charge on any atom is 0.253 e. The molecular weight excluding hydrogens is 276 g/mol. The van der Waals surface area contributed by atoms with E-state index in [2.05, 4.69) is 15.7 Å². The van der Waals surface area contributed by atoms with Crippen molar-refractivity contribution in [1.82, 2.24) is 10.3 Å². The van der Waals surface area contributed by atoms with Crippen LogP contribution in [0, 0.1) is 0 Å². The first-order chi connectivity index (χ1) is 9.70. The molecule has 5 nitrogen and oxygen atoms in total. The second-order valence-electron chi connectivity index (χ2n) is 5.21. The maximum atomic E-state index is 12.2. The minimum absolute atomic E-state index is 0.117. The molecule has 0 aromatic carbocycles. The number of anilines is 1. The van der Waals surface area contributed by atoms with Crippen LogP contribution in [0.15, 0.2) is 12.3 Å². The van der Waals surface area contributed by atoms with Gasteiger partial charge in [0.1, 0.15) is 0 Å². The van der Waals surface area contributed by atoms with Gasteiger partial charge in [-0.05, 0) is 18.9 Å². The Balaban J connectivity index is 1.98. The van der Waals surface area contributed by atoms with Gasteiger partial charge in [-0.2, -0.15) is 0 Å². The molecule has 20 heavy (non-hydrogen) atoms. The molecule has 1 aliphatic carbocycles. The molecule has 1 fully saturated rings. The van der Waals surface area contributed by atoms with E-state index in [0.29, 0.717) is 16.4 Å². The SMILES string of the molecule is NNc1ncc(C(=O)NC2CCCCCCC2)cc1Cl. The van der Waals surface area contributed by atoms with Gasteiger partial charge in [0.25, 0.3) is 5.91 Å². The quantitative estimate of drug-likeness (QED) is 0.592. The van der Waals surface area contributed by atoms with Crippen LogP contribution in [-0.4, -0.2) is 16.9 Å². The normalized spacial score (nSPS) is 17.1. The van der Waals surface area contributed by atoms with Crippen LogP contribution in [0.4, 0.5) is 5.82 Å². The first-order valence-corrected chi connectivity index (χ1v) is 7.51. The van der Waals surface area contributed by atoms with Crippen LogP contribution in [0.25, 0.3) is 0 Å². The number of nitrogens with two attached hydrogens (primary N) is 1. The number of carbonyl (C=O) groups is 1. The average molecular weight is 297 g/mol. The van der Waals surface area contributed by atoms with Crippen LogP contribution >= 0.6 is 11.6 Å². The smallest absolute Gasteiger partial charge is 0.253 e. The van der Waals surface area contributed by atoms with Gasteiger partial charge in [0, 0.05) is 12.2 Å². The van der Waals surface area contributed by atoms with Crippen molar-refractivity contribution in [3.05, 3.63) is 22.8 Å². The van der Waals surface area contributed by atoms with E-state index in [0.717, 1.165) is 12.8 Å². The second-order valence-corrected chi connectivity index (χ2v) is 5.62. The summed E-state index contributed by atoms with van der Waals surface area (Å²) in [5.74, 6) is 5.51. The van der Waals surface area contributed by atoms with Crippen LogP contribution in [-0.2, 0) is 0 Å². The lowest BCUT2D eigenvalue weighted by Gasteiger charge is -2.21. The molecular formula is C14H21ClN4O. The first kappa shape index (κ1) is 15.1. The lowest BCUT2D eigenvalue weighted by Crippen LogP contribution is -2.35. The summed E-state index contributed by atoms with van der Waals surface area (Å²) in [6.45, 7) is 0. The third-order valence-corrected chi connectivity index (χ3v) is 3.97. The summed E-state index contributed by atoms with van der Waals surface area (Å²) in [5, 5.41) is 3.42. The maximum absolute atomic E-state index is 12.2. The molecule has 0 unspecified atom stereocenters. The molecule has 1 aromatic rings. The topological polar surface area (TPSA) is 80.0 Å². The molecule has 0 atom stereocenters. The van der Waals surface area contributed by atoms with Crippen molar-refractivity contribution >= 4 is 23.3 Å². The van der Waals surface area contributed by atoms with Crippen molar-refractivity contribution in [2.45, 2.75) is 51.0 Å². The van der Waals surface area contributed by atoms with Gasteiger partial charge >= 0.3 is 0 Å². The van der Waals surface area contributed by atoms with E-state index in [1.165, 1.54) is 38.3 Å². The summed E-state index contributed by atoms with van der Waals surface area (Å²) in [4.78, 5) is 16.2. The zero-order valence-corrected chi connectivity index (χ0v) is 12.2. The number of rotatable bonds is 3. The van der Waals surface area contributed by atoms with E-state index in [9.17, 15) is 4.79 Å². The van der Waals surface area contributed by atoms with Gasteiger partial charge in [0.15, 0.2) is 5.82 Å². The largest absolute Gasteiger partial charge is 0.349 e. The van der Waals surface area contributed by atoms with Gasteiger partial charge in [0.05, 0.1) is 10.6 Å². The van der Waals surface area contributed by atoms with Gasteiger partial charge in [0.2, 0.25) is 0 Å². The minimum Gasteiger partial charge on any atom is -0.349 e. The van der Waals surface area contributed by atoms with Crippen LogP contribution < -0.4 is 16.6 Å². The Morgan fingerprint density at radius 1 is 1.25 bits per heavy atom. The zero-order valence-electron chi connectivity index (χ0n) is 11.5. The molecule has 0 radical (unpaired) electrons. The lowest BCUT2D eigenvalue weighted by molar-refractivity contribution is 0.0930. The molecule has 4 N–H and O–H groups in total. The van der Waals surface area contributed by atoms with Crippen LogP contribution in [0.2, 0.25) is 5.02 Å².